The SMILES string of the molecule is C[C@@H]1c2ccsc2CC[NH+]1CN1C(=O)C(=O)N(C)C1=O. The van der Waals surface area contributed by atoms with E-state index in [9.17, 15) is 14.4 Å². The van der Waals surface area contributed by atoms with Crippen molar-refractivity contribution in [3.05, 3.63) is 21.9 Å². The topological polar surface area (TPSA) is 62.1 Å². The zero-order valence-electron chi connectivity index (χ0n) is 11.4. The first-order valence-electron chi connectivity index (χ1n) is 6.55. The predicted octanol–water partition coefficient (Wildman–Crippen LogP) is -0.372. The maximum absolute atomic E-state index is 11.9. The largest absolute Gasteiger partial charge is 0.338 e. The Kier molecular flexibility index (Phi) is 3.10. The van der Waals surface area contributed by atoms with Gasteiger partial charge in [0, 0.05) is 23.9 Å². The molecule has 0 aliphatic carbocycles. The highest BCUT2D eigenvalue weighted by molar-refractivity contribution is 7.10. The second-order valence-electron chi connectivity index (χ2n) is 5.22. The lowest BCUT2D eigenvalue weighted by Gasteiger charge is -2.32. The minimum atomic E-state index is -0.740. The van der Waals surface area contributed by atoms with Crippen LogP contribution in [0.4, 0.5) is 4.79 Å². The molecular weight excluding hydrogens is 278 g/mol. The van der Waals surface area contributed by atoms with Gasteiger partial charge < -0.3 is 4.90 Å². The molecule has 0 saturated carbocycles. The van der Waals surface area contributed by atoms with E-state index in [0.29, 0.717) is 0 Å². The summed E-state index contributed by atoms with van der Waals surface area (Å²) in [6.07, 6.45) is 0.951. The molecule has 3 heterocycles. The molecule has 1 fully saturated rings. The molecule has 0 aromatic carbocycles. The molecule has 1 saturated heterocycles. The van der Waals surface area contributed by atoms with Gasteiger partial charge in [0.05, 0.1) is 6.54 Å². The minimum Gasteiger partial charge on any atom is -0.311 e. The third-order valence-electron chi connectivity index (χ3n) is 4.14. The van der Waals surface area contributed by atoms with E-state index >= 15 is 0 Å². The first-order valence-corrected chi connectivity index (χ1v) is 7.43. The van der Waals surface area contributed by atoms with Crippen LogP contribution in [0.25, 0.3) is 0 Å². The van der Waals surface area contributed by atoms with Crippen LogP contribution in [0.5, 0.6) is 0 Å². The summed E-state index contributed by atoms with van der Waals surface area (Å²) in [5, 5.41) is 2.08. The van der Waals surface area contributed by atoms with Gasteiger partial charge in [-0.15, -0.1) is 11.3 Å². The number of imide groups is 2. The van der Waals surface area contributed by atoms with E-state index < -0.39 is 17.8 Å². The molecule has 2 aliphatic heterocycles. The molecule has 0 radical (unpaired) electrons. The highest BCUT2D eigenvalue weighted by atomic mass is 32.1. The summed E-state index contributed by atoms with van der Waals surface area (Å²) in [6.45, 7) is 3.21. The molecule has 20 heavy (non-hydrogen) atoms. The van der Waals surface area contributed by atoms with Gasteiger partial charge in [-0.25, -0.2) is 9.69 Å². The number of fused-ring (bicyclic) bond motifs is 1. The second-order valence-corrected chi connectivity index (χ2v) is 6.22. The Morgan fingerprint density at radius 3 is 2.75 bits per heavy atom. The lowest BCUT2D eigenvalue weighted by atomic mass is 10.0. The number of amides is 4. The number of carbonyl (C=O) groups is 3. The highest BCUT2D eigenvalue weighted by Gasteiger charge is 2.45. The van der Waals surface area contributed by atoms with Crippen molar-refractivity contribution in [2.75, 3.05) is 20.3 Å². The van der Waals surface area contributed by atoms with Crippen LogP contribution in [0.2, 0.25) is 0 Å². The normalized spacial score (nSPS) is 26.4. The zero-order chi connectivity index (χ0) is 14.4. The summed E-state index contributed by atoms with van der Waals surface area (Å²) in [5.41, 5.74) is 1.29. The molecular formula is C13H16N3O3S+. The molecule has 0 spiro atoms. The zero-order valence-corrected chi connectivity index (χ0v) is 12.2. The van der Waals surface area contributed by atoms with Gasteiger partial charge in [0.1, 0.15) is 6.04 Å². The summed E-state index contributed by atoms with van der Waals surface area (Å²) in [5.74, 6) is -1.45. The Morgan fingerprint density at radius 2 is 2.10 bits per heavy atom. The van der Waals surface area contributed by atoms with Crippen molar-refractivity contribution in [3.8, 4) is 0 Å². The summed E-state index contributed by atoms with van der Waals surface area (Å²) >= 11 is 1.75. The molecule has 106 valence electrons. The van der Waals surface area contributed by atoms with E-state index in [0.717, 1.165) is 27.7 Å². The standard InChI is InChI=1S/C13H15N3O3S/c1-8-9-4-6-20-10(9)3-5-15(8)7-16-12(18)11(17)14(2)13(16)19/h4,6,8H,3,5,7H2,1-2H3/p+1/t8-/m1/s1. The molecule has 6 nitrogen and oxygen atoms in total. The quantitative estimate of drug-likeness (QED) is 0.598. The second kappa shape index (κ2) is 4.68. The predicted molar refractivity (Wildman–Crippen MR) is 72.1 cm³/mol. The van der Waals surface area contributed by atoms with Gasteiger partial charge in [-0.1, -0.05) is 0 Å². The molecule has 0 bridgehead atoms. The van der Waals surface area contributed by atoms with Crippen LogP contribution in [-0.4, -0.2) is 47.9 Å². The molecule has 3 rings (SSSR count). The van der Waals surface area contributed by atoms with Crippen LogP contribution in [0.3, 0.4) is 0 Å². The Hall–Kier alpha value is -1.73. The van der Waals surface area contributed by atoms with Gasteiger partial charge >= 0.3 is 17.8 Å². The van der Waals surface area contributed by atoms with Crippen molar-refractivity contribution in [2.45, 2.75) is 19.4 Å². The van der Waals surface area contributed by atoms with Crippen molar-refractivity contribution < 1.29 is 19.3 Å². The first kappa shape index (κ1) is 13.3. The number of hydrogen-bond donors (Lipinski definition) is 1. The number of hydrogen-bond acceptors (Lipinski definition) is 4. The molecule has 2 atom stereocenters. The van der Waals surface area contributed by atoms with Crippen LogP contribution in [0.1, 0.15) is 23.4 Å². The van der Waals surface area contributed by atoms with E-state index in [4.69, 9.17) is 0 Å². The third-order valence-corrected chi connectivity index (χ3v) is 5.14. The smallest absolute Gasteiger partial charge is 0.311 e. The molecule has 1 unspecified atom stereocenters. The van der Waals surface area contributed by atoms with Crippen molar-refractivity contribution in [3.63, 3.8) is 0 Å². The number of likely N-dealkylation sites (N-methyl/N-ethyl adjacent to an activating group) is 1. The van der Waals surface area contributed by atoms with Gasteiger partial charge in [0.25, 0.3) is 0 Å². The molecule has 1 aromatic heterocycles. The monoisotopic (exact) mass is 294 g/mol. The number of nitrogens with one attached hydrogen (secondary N) is 1. The fourth-order valence-electron chi connectivity index (χ4n) is 2.82. The summed E-state index contributed by atoms with van der Waals surface area (Å²) in [7, 11) is 1.34. The van der Waals surface area contributed by atoms with Crippen molar-refractivity contribution in [2.24, 2.45) is 0 Å². The average molecular weight is 294 g/mol. The van der Waals surface area contributed by atoms with E-state index in [1.54, 1.807) is 11.3 Å². The number of nitrogens with zero attached hydrogens (tertiary/aromatic N) is 2. The lowest BCUT2D eigenvalue weighted by Crippen LogP contribution is -3.14. The Balaban J connectivity index is 1.78. The maximum atomic E-state index is 11.9. The van der Waals surface area contributed by atoms with Crippen molar-refractivity contribution >= 4 is 29.2 Å². The Labute approximate surface area is 120 Å². The lowest BCUT2D eigenvalue weighted by molar-refractivity contribution is -0.938. The van der Waals surface area contributed by atoms with Crippen molar-refractivity contribution in [1.29, 1.82) is 0 Å². The van der Waals surface area contributed by atoms with Crippen molar-refractivity contribution in [1.82, 2.24) is 9.80 Å². The van der Waals surface area contributed by atoms with Gasteiger partial charge in [0.2, 0.25) is 0 Å². The molecule has 2 aliphatic rings. The third kappa shape index (κ3) is 1.85. The van der Waals surface area contributed by atoms with Crippen LogP contribution in [0.15, 0.2) is 11.4 Å². The number of urea groups is 1. The van der Waals surface area contributed by atoms with Crippen LogP contribution in [-0.2, 0) is 16.0 Å². The Morgan fingerprint density at radius 1 is 1.35 bits per heavy atom. The molecule has 1 aromatic rings. The Bertz CT molecular complexity index is 597. The number of rotatable bonds is 2. The van der Waals surface area contributed by atoms with E-state index in [1.807, 2.05) is 0 Å². The summed E-state index contributed by atoms with van der Waals surface area (Å²) < 4.78 is 0. The average Bonchev–Trinajstić information content (AvgIpc) is 2.98. The molecule has 4 amide bonds. The number of thiophene rings is 1. The van der Waals surface area contributed by atoms with Crippen LogP contribution < -0.4 is 4.90 Å². The molecule has 7 heteroatoms. The fourth-order valence-corrected chi connectivity index (χ4v) is 3.80. The van der Waals surface area contributed by atoms with Crippen LogP contribution >= 0.6 is 11.3 Å². The van der Waals surface area contributed by atoms with Gasteiger partial charge in [-0.3, -0.25) is 14.5 Å². The van der Waals surface area contributed by atoms with Gasteiger partial charge in [-0.2, -0.15) is 0 Å². The highest BCUT2D eigenvalue weighted by Crippen LogP contribution is 2.24. The number of carbonyl (C=O) groups excluding carboxylic acids is 3. The first-order chi connectivity index (χ1) is 9.50. The van der Waals surface area contributed by atoms with E-state index in [-0.39, 0.29) is 12.7 Å². The van der Waals surface area contributed by atoms with E-state index in [1.165, 1.54) is 17.5 Å². The molecule has 1 N–H and O–H groups in total. The maximum Gasteiger partial charge on any atom is 0.338 e. The van der Waals surface area contributed by atoms with Gasteiger partial charge in [-0.05, 0) is 18.4 Å². The summed E-state index contributed by atoms with van der Waals surface area (Å²) in [6, 6.07) is 1.82. The van der Waals surface area contributed by atoms with Gasteiger partial charge in [0.15, 0.2) is 6.67 Å². The minimum absolute atomic E-state index is 0.228. The van der Waals surface area contributed by atoms with E-state index in [2.05, 4.69) is 18.4 Å². The number of quaternary nitrogens is 1. The van der Waals surface area contributed by atoms with Crippen LogP contribution in [0, 0.1) is 0 Å². The fraction of sp³-hybridized carbons (Fsp3) is 0.462. The summed E-state index contributed by atoms with van der Waals surface area (Å²) in [4.78, 5) is 39.7.